The van der Waals surface area contributed by atoms with Crippen molar-refractivity contribution in [2.24, 2.45) is 5.41 Å². The molecule has 194 valence electrons. The van der Waals surface area contributed by atoms with E-state index in [1.54, 1.807) is 19.5 Å². The lowest BCUT2D eigenvalue weighted by atomic mass is 9.81. The topological polar surface area (TPSA) is 104 Å². The molecule has 1 atom stereocenters. The van der Waals surface area contributed by atoms with Gasteiger partial charge in [0.2, 0.25) is 0 Å². The Bertz CT molecular complexity index is 1030. The maximum absolute atomic E-state index is 9.82. The number of anilines is 2. The van der Waals surface area contributed by atoms with E-state index < -0.39 is 5.41 Å². The van der Waals surface area contributed by atoms with Gasteiger partial charge in [-0.25, -0.2) is 4.98 Å². The highest BCUT2D eigenvalue weighted by Crippen LogP contribution is 2.35. The van der Waals surface area contributed by atoms with Crippen LogP contribution in [0, 0.1) is 16.7 Å². The monoisotopic (exact) mass is 512 g/mol. The van der Waals surface area contributed by atoms with Crippen molar-refractivity contribution >= 4 is 23.1 Å². The molecule has 9 heteroatoms. The van der Waals surface area contributed by atoms with E-state index in [-0.39, 0.29) is 0 Å². The average molecular weight is 513 g/mol. The zero-order chi connectivity index (χ0) is 25.4. The molecule has 3 N–H and O–H groups in total. The number of hydrogen-bond acceptors (Lipinski definition) is 8. The quantitative estimate of drug-likeness (QED) is 0.414. The predicted molar refractivity (Wildman–Crippen MR) is 143 cm³/mol. The van der Waals surface area contributed by atoms with Crippen molar-refractivity contribution in [3.63, 3.8) is 0 Å². The van der Waals surface area contributed by atoms with Crippen LogP contribution in [0.3, 0.4) is 0 Å². The van der Waals surface area contributed by atoms with E-state index in [1.807, 2.05) is 18.2 Å². The molecule has 2 aromatic rings. The van der Waals surface area contributed by atoms with Crippen LogP contribution in [0.4, 0.5) is 11.5 Å². The summed E-state index contributed by atoms with van der Waals surface area (Å²) in [5.41, 5.74) is 2.00. The summed E-state index contributed by atoms with van der Waals surface area (Å²) in [6.45, 7) is 4.66. The first-order valence-corrected chi connectivity index (χ1v) is 13.2. The Kier molecular flexibility index (Phi) is 9.38. The van der Waals surface area contributed by atoms with Gasteiger partial charge in [0.1, 0.15) is 5.82 Å². The Morgan fingerprint density at radius 2 is 1.97 bits per heavy atom. The van der Waals surface area contributed by atoms with Crippen molar-refractivity contribution in [3.8, 4) is 17.3 Å². The van der Waals surface area contributed by atoms with Crippen LogP contribution in [0.25, 0.3) is 11.3 Å². The smallest absolute Gasteiger partial charge is 0.126 e. The zero-order valence-corrected chi connectivity index (χ0v) is 22.0. The summed E-state index contributed by atoms with van der Waals surface area (Å²) in [4.78, 5) is 9.18. The Labute approximate surface area is 219 Å². The van der Waals surface area contributed by atoms with E-state index in [2.05, 4.69) is 38.9 Å². The molecule has 2 aliphatic rings. The van der Waals surface area contributed by atoms with Crippen LogP contribution in [0.15, 0.2) is 30.6 Å². The molecule has 2 fully saturated rings. The van der Waals surface area contributed by atoms with Crippen molar-refractivity contribution in [2.75, 3.05) is 44.1 Å². The van der Waals surface area contributed by atoms with Crippen molar-refractivity contribution < 1.29 is 9.47 Å². The van der Waals surface area contributed by atoms with Crippen molar-refractivity contribution in [3.05, 3.63) is 35.6 Å². The molecule has 4 rings (SSSR count). The Morgan fingerprint density at radius 1 is 1.22 bits per heavy atom. The number of nitrogens with zero attached hydrogens (tertiary/aromatic N) is 3. The first-order valence-electron chi connectivity index (χ1n) is 12.9. The van der Waals surface area contributed by atoms with E-state index in [9.17, 15) is 5.26 Å². The summed E-state index contributed by atoms with van der Waals surface area (Å²) in [6.07, 6.45) is 9.28. The lowest BCUT2D eigenvalue weighted by Gasteiger charge is -2.32. The molecule has 1 saturated carbocycles. The average Bonchev–Trinajstić information content (AvgIpc) is 2.90. The first-order chi connectivity index (χ1) is 17.5. The predicted octanol–water partition coefficient (Wildman–Crippen LogP) is 4.88. The molecule has 0 aromatic carbocycles. The van der Waals surface area contributed by atoms with Crippen molar-refractivity contribution in [1.29, 1.82) is 5.26 Å². The molecule has 36 heavy (non-hydrogen) atoms. The number of nitrogens with one attached hydrogen (secondary N) is 3. The molecule has 1 aliphatic heterocycles. The Hall–Kier alpha value is -2.44. The highest BCUT2D eigenvalue weighted by atomic mass is 35.5. The van der Waals surface area contributed by atoms with Crippen molar-refractivity contribution in [2.45, 2.75) is 63.6 Å². The van der Waals surface area contributed by atoms with Gasteiger partial charge in [-0.1, -0.05) is 11.6 Å². The van der Waals surface area contributed by atoms with Gasteiger partial charge in [-0.2, -0.15) is 5.26 Å². The summed E-state index contributed by atoms with van der Waals surface area (Å²) in [7, 11) is 1.74. The zero-order valence-electron chi connectivity index (χ0n) is 21.2. The third kappa shape index (κ3) is 6.86. The van der Waals surface area contributed by atoms with E-state index >= 15 is 0 Å². The fraction of sp³-hybridized carbons (Fsp3) is 0.593. The summed E-state index contributed by atoms with van der Waals surface area (Å²) >= 11 is 6.60. The first kappa shape index (κ1) is 26.6. The fourth-order valence-corrected chi connectivity index (χ4v) is 5.32. The number of rotatable bonds is 10. The third-order valence-corrected chi connectivity index (χ3v) is 7.54. The lowest BCUT2D eigenvalue weighted by Crippen LogP contribution is -2.42. The van der Waals surface area contributed by atoms with Crippen LogP contribution in [0.1, 0.15) is 45.4 Å². The molecule has 0 bridgehead atoms. The molecule has 1 aliphatic carbocycles. The SMILES string of the molecule is COC[C@@H](C)NC1CCC(Nc2cc(-c3ncccc3NCC3(C#N)CCOCC3)c(Cl)cn2)CC1. The minimum absolute atomic E-state index is 0.362. The van der Waals surface area contributed by atoms with Gasteiger partial charge in [-0.05, 0) is 63.6 Å². The fourth-order valence-electron chi connectivity index (χ4n) is 5.13. The van der Waals surface area contributed by atoms with Crippen LogP contribution < -0.4 is 16.0 Å². The minimum atomic E-state index is -0.435. The summed E-state index contributed by atoms with van der Waals surface area (Å²) in [5, 5.41) is 21.1. The maximum Gasteiger partial charge on any atom is 0.126 e. The number of aromatic nitrogens is 2. The van der Waals surface area contributed by atoms with Gasteiger partial charge < -0.3 is 25.4 Å². The Balaban J connectivity index is 1.42. The normalized spacial score (nSPS) is 22.4. The number of halogens is 1. The van der Waals surface area contributed by atoms with Gasteiger partial charge in [0, 0.05) is 63.0 Å². The Morgan fingerprint density at radius 3 is 2.69 bits per heavy atom. The molecular formula is C27H37ClN6O2. The van der Waals surface area contributed by atoms with Crippen LogP contribution in [-0.4, -0.2) is 61.6 Å². The maximum atomic E-state index is 9.82. The standard InChI is InChI=1S/C27H37ClN6O2/c1-19(16-35-2)33-20-5-7-21(8-6-20)34-25-14-22(23(28)15-31-25)26-24(4-3-11-30-26)32-18-27(17-29)9-12-36-13-10-27/h3-4,11,14-15,19-21,32-33H,5-10,12-13,16,18H2,1-2H3,(H,31,34)/t19-,20?,21?/m1/s1. The van der Waals surface area contributed by atoms with Gasteiger partial charge in [0.15, 0.2) is 0 Å². The molecule has 2 aromatic heterocycles. The van der Waals surface area contributed by atoms with Gasteiger partial charge >= 0.3 is 0 Å². The molecule has 0 radical (unpaired) electrons. The van der Waals surface area contributed by atoms with Crippen molar-refractivity contribution in [1.82, 2.24) is 15.3 Å². The van der Waals surface area contributed by atoms with Crippen LogP contribution >= 0.6 is 11.6 Å². The molecule has 0 unspecified atom stereocenters. The highest BCUT2D eigenvalue weighted by Gasteiger charge is 2.33. The number of ether oxygens (including phenoxy) is 2. The molecule has 1 saturated heterocycles. The van der Waals surface area contributed by atoms with E-state index in [4.69, 9.17) is 21.1 Å². The number of nitriles is 1. The molecular weight excluding hydrogens is 476 g/mol. The summed E-state index contributed by atoms with van der Waals surface area (Å²) in [5.74, 6) is 0.799. The largest absolute Gasteiger partial charge is 0.383 e. The van der Waals surface area contributed by atoms with Gasteiger partial charge in [0.05, 0.1) is 34.5 Å². The second kappa shape index (κ2) is 12.7. The number of hydrogen-bond donors (Lipinski definition) is 3. The van der Waals surface area contributed by atoms with Crippen LogP contribution in [0.2, 0.25) is 5.02 Å². The molecule has 0 spiro atoms. The number of pyridine rings is 2. The second-order valence-electron chi connectivity index (χ2n) is 10.0. The lowest BCUT2D eigenvalue weighted by molar-refractivity contribution is 0.0456. The van der Waals surface area contributed by atoms with Gasteiger partial charge in [-0.15, -0.1) is 0 Å². The van der Waals surface area contributed by atoms with Crippen LogP contribution in [0.5, 0.6) is 0 Å². The molecule has 3 heterocycles. The van der Waals surface area contributed by atoms with E-state index in [1.165, 1.54) is 0 Å². The van der Waals surface area contributed by atoms with E-state index in [0.29, 0.717) is 42.9 Å². The minimum Gasteiger partial charge on any atom is -0.383 e. The second-order valence-corrected chi connectivity index (χ2v) is 10.4. The summed E-state index contributed by atoms with van der Waals surface area (Å²) in [6, 6.07) is 9.62. The summed E-state index contributed by atoms with van der Waals surface area (Å²) < 4.78 is 10.7. The number of methoxy groups -OCH3 is 1. The van der Waals surface area contributed by atoms with Gasteiger partial charge in [-0.3, -0.25) is 4.98 Å². The van der Waals surface area contributed by atoms with E-state index in [0.717, 1.165) is 67.9 Å². The third-order valence-electron chi connectivity index (χ3n) is 7.24. The van der Waals surface area contributed by atoms with Gasteiger partial charge in [0.25, 0.3) is 0 Å². The van der Waals surface area contributed by atoms with Crippen LogP contribution in [-0.2, 0) is 9.47 Å². The highest BCUT2D eigenvalue weighted by molar-refractivity contribution is 6.33. The molecule has 0 amide bonds. The molecule has 8 nitrogen and oxygen atoms in total.